The van der Waals surface area contributed by atoms with E-state index in [9.17, 15) is 9.18 Å². The Kier molecular flexibility index (Phi) is 4.78. The Morgan fingerprint density at radius 1 is 1.50 bits per heavy atom. The molecule has 0 saturated carbocycles. The van der Waals surface area contributed by atoms with Crippen molar-refractivity contribution in [3.63, 3.8) is 0 Å². The van der Waals surface area contributed by atoms with Gasteiger partial charge in [-0.25, -0.2) is 4.39 Å². The van der Waals surface area contributed by atoms with E-state index in [-0.39, 0.29) is 5.91 Å². The molecule has 2 rings (SSSR count). The third-order valence-corrected chi connectivity index (χ3v) is 4.75. The summed E-state index contributed by atoms with van der Waals surface area (Å²) in [4.78, 5) is 14.1. The molecule has 1 aliphatic rings. The molecule has 0 bridgehead atoms. The number of hydrogen-bond donors (Lipinski definition) is 0. The zero-order valence-corrected chi connectivity index (χ0v) is 13.0. The van der Waals surface area contributed by atoms with Crippen molar-refractivity contribution in [3.8, 4) is 0 Å². The van der Waals surface area contributed by atoms with Gasteiger partial charge in [0.05, 0.1) is 4.47 Å². The van der Waals surface area contributed by atoms with Crippen LogP contribution in [-0.2, 0) is 0 Å². The van der Waals surface area contributed by atoms with Crippen molar-refractivity contribution in [1.82, 2.24) is 4.90 Å². The van der Waals surface area contributed by atoms with Crippen molar-refractivity contribution in [2.45, 2.75) is 12.8 Å². The predicted octanol–water partition coefficient (Wildman–Crippen LogP) is 3.84. The predicted molar refractivity (Wildman–Crippen MR) is 76.5 cm³/mol. The Balaban J connectivity index is 2.12. The molecule has 1 saturated heterocycles. The molecule has 1 aliphatic heterocycles. The van der Waals surface area contributed by atoms with Gasteiger partial charge in [-0.3, -0.25) is 4.79 Å². The second-order valence-corrected chi connectivity index (χ2v) is 6.04. The van der Waals surface area contributed by atoms with Gasteiger partial charge in [0.25, 0.3) is 5.91 Å². The van der Waals surface area contributed by atoms with Gasteiger partial charge in [-0.1, -0.05) is 15.9 Å². The summed E-state index contributed by atoms with van der Waals surface area (Å²) in [6.45, 7) is 1.52. The first-order valence-electron chi connectivity index (χ1n) is 5.92. The van der Waals surface area contributed by atoms with Gasteiger partial charge in [0, 0.05) is 24.0 Å². The first kappa shape index (κ1) is 14.0. The van der Waals surface area contributed by atoms with Gasteiger partial charge in [0.1, 0.15) is 5.82 Å². The maximum Gasteiger partial charge on any atom is 0.253 e. The van der Waals surface area contributed by atoms with Gasteiger partial charge in [0.15, 0.2) is 0 Å². The molecule has 1 unspecified atom stereocenters. The largest absolute Gasteiger partial charge is 0.338 e. The normalized spacial score (nSPS) is 19.9. The Morgan fingerprint density at radius 2 is 2.28 bits per heavy atom. The minimum Gasteiger partial charge on any atom is -0.338 e. The molecular formula is C13H14Br2FNO. The molecule has 0 radical (unpaired) electrons. The molecule has 1 amide bonds. The monoisotopic (exact) mass is 377 g/mol. The summed E-state index contributed by atoms with van der Waals surface area (Å²) in [5, 5.41) is 0.908. The van der Waals surface area contributed by atoms with Gasteiger partial charge < -0.3 is 4.90 Å². The maximum atomic E-state index is 13.4. The van der Waals surface area contributed by atoms with Crippen LogP contribution >= 0.6 is 31.9 Å². The number of hydrogen-bond acceptors (Lipinski definition) is 1. The van der Waals surface area contributed by atoms with E-state index in [1.165, 1.54) is 6.07 Å². The summed E-state index contributed by atoms with van der Waals surface area (Å²) in [7, 11) is 0. The molecule has 18 heavy (non-hydrogen) atoms. The summed E-state index contributed by atoms with van der Waals surface area (Å²) in [5.74, 6) is 0.0324. The van der Waals surface area contributed by atoms with E-state index >= 15 is 0 Å². The van der Waals surface area contributed by atoms with E-state index in [4.69, 9.17) is 0 Å². The third-order valence-electron chi connectivity index (χ3n) is 3.19. The lowest BCUT2D eigenvalue weighted by Crippen LogP contribution is -2.40. The van der Waals surface area contributed by atoms with E-state index in [1.807, 2.05) is 4.90 Å². The van der Waals surface area contributed by atoms with Crippen LogP contribution in [0.4, 0.5) is 4.39 Å². The number of piperidine rings is 1. The van der Waals surface area contributed by atoms with E-state index in [0.717, 1.165) is 31.3 Å². The second-order valence-electron chi connectivity index (χ2n) is 4.54. The smallest absolute Gasteiger partial charge is 0.253 e. The number of alkyl halides is 1. The van der Waals surface area contributed by atoms with Crippen LogP contribution in [0, 0.1) is 11.7 Å². The maximum absolute atomic E-state index is 13.4. The number of likely N-dealkylation sites (tertiary alicyclic amines) is 1. The van der Waals surface area contributed by atoms with Gasteiger partial charge >= 0.3 is 0 Å². The summed E-state index contributed by atoms with van der Waals surface area (Å²) in [6, 6.07) is 4.53. The lowest BCUT2D eigenvalue weighted by molar-refractivity contribution is 0.0685. The average Bonchev–Trinajstić information content (AvgIpc) is 2.41. The third kappa shape index (κ3) is 3.12. The quantitative estimate of drug-likeness (QED) is 0.716. The van der Waals surface area contributed by atoms with Crippen LogP contribution in [0.25, 0.3) is 0 Å². The highest BCUT2D eigenvalue weighted by Gasteiger charge is 2.24. The number of halogens is 3. The van der Waals surface area contributed by atoms with E-state index in [0.29, 0.717) is 16.0 Å². The summed E-state index contributed by atoms with van der Waals surface area (Å²) in [6.07, 6.45) is 2.16. The van der Waals surface area contributed by atoms with Gasteiger partial charge in [-0.05, 0) is 52.9 Å². The fourth-order valence-corrected chi connectivity index (χ4v) is 2.96. The minimum absolute atomic E-state index is 0.0768. The summed E-state index contributed by atoms with van der Waals surface area (Å²) in [5.41, 5.74) is 0.422. The second kappa shape index (κ2) is 6.15. The van der Waals surface area contributed by atoms with Crippen LogP contribution in [0.2, 0.25) is 0 Å². The number of benzene rings is 1. The highest BCUT2D eigenvalue weighted by molar-refractivity contribution is 9.10. The number of amides is 1. The van der Waals surface area contributed by atoms with Gasteiger partial charge in [0.2, 0.25) is 0 Å². The molecule has 1 aromatic carbocycles. The van der Waals surface area contributed by atoms with Crippen LogP contribution in [0.1, 0.15) is 23.2 Å². The number of carbonyl (C=O) groups is 1. The number of carbonyl (C=O) groups excluding carboxylic acids is 1. The molecular weight excluding hydrogens is 365 g/mol. The minimum atomic E-state index is -0.394. The van der Waals surface area contributed by atoms with Crippen molar-refractivity contribution < 1.29 is 9.18 Å². The van der Waals surface area contributed by atoms with E-state index < -0.39 is 5.82 Å². The first-order chi connectivity index (χ1) is 8.61. The molecule has 0 spiro atoms. The molecule has 2 nitrogen and oxygen atoms in total. The van der Waals surface area contributed by atoms with Crippen molar-refractivity contribution in [2.24, 2.45) is 5.92 Å². The van der Waals surface area contributed by atoms with Crippen molar-refractivity contribution >= 4 is 37.8 Å². The highest BCUT2D eigenvalue weighted by atomic mass is 79.9. The summed E-state index contributed by atoms with van der Waals surface area (Å²) < 4.78 is 13.8. The molecule has 0 aliphatic carbocycles. The Hall–Kier alpha value is -0.420. The fourth-order valence-electron chi connectivity index (χ4n) is 2.19. The van der Waals surface area contributed by atoms with E-state index in [2.05, 4.69) is 31.9 Å². The van der Waals surface area contributed by atoms with Crippen LogP contribution in [0.15, 0.2) is 22.7 Å². The standard InChI is InChI=1S/C13H14Br2FNO/c14-7-9-2-1-5-17(8-9)13(18)10-3-4-11(15)12(16)6-10/h3-4,6,9H,1-2,5,7-8H2. The molecule has 98 valence electrons. The van der Waals surface area contributed by atoms with Crippen LogP contribution in [0.5, 0.6) is 0 Å². The zero-order valence-electron chi connectivity index (χ0n) is 9.83. The molecule has 1 fully saturated rings. The lowest BCUT2D eigenvalue weighted by Gasteiger charge is -2.32. The number of nitrogens with zero attached hydrogens (tertiary/aromatic N) is 1. The van der Waals surface area contributed by atoms with Gasteiger partial charge in [-0.15, -0.1) is 0 Å². The SMILES string of the molecule is O=C(c1ccc(Br)c(F)c1)N1CCCC(CBr)C1. The first-order valence-corrected chi connectivity index (χ1v) is 7.83. The van der Waals surface area contributed by atoms with Gasteiger partial charge in [-0.2, -0.15) is 0 Å². The fraction of sp³-hybridized carbons (Fsp3) is 0.462. The van der Waals surface area contributed by atoms with Crippen LogP contribution < -0.4 is 0 Å². The number of rotatable bonds is 2. The molecule has 0 N–H and O–H groups in total. The highest BCUT2D eigenvalue weighted by Crippen LogP contribution is 2.22. The Morgan fingerprint density at radius 3 is 2.94 bits per heavy atom. The Labute approximate surface area is 123 Å². The molecule has 1 aromatic rings. The van der Waals surface area contributed by atoms with Crippen molar-refractivity contribution in [2.75, 3.05) is 18.4 Å². The van der Waals surface area contributed by atoms with Crippen molar-refractivity contribution in [3.05, 3.63) is 34.1 Å². The van der Waals surface area contributed by atoms with E-state index in [1.54, 1.807) is 12.1 Å². The molecule has 5 heteroatoms. The Bertz CT molecular complexity index is 453. The van der Waals surface area contributed by atoms with Crippen molar-refractivity contribution in [1.29, 1.82) is 0 Å². The molecule has 1 atom stereocenters. The molecule has 0 aromatic heterocycles. The zero-order chi connectivity index (χ0) is 13.1. The average molecular weight is 379 g/mol. The van der Waals surface area contributed by atoms with Crippen LogP contribution in [0.3, 0.4) is 0 Å². The molecule has 1 heterocycles. The topological polar surface area (TPSA) is 20.3 Å². The lowest BCUT2D eigenvalue weighted by atomic mass is 9.99. The van der Waals surface area contributed by atoms with Crippen LogP contribution in [-0.4, -0.2) is 29.2 Å². The summed E-state index contributed by atoms with van der Waals surface area (Å²) >= 11 is 6.55.